The van der Waals surface area contributed by atoms with Gasteiger partial charge in [0.05, 0.1) is 26.1 Å². The van der Waals surface area contributed by atoms with Gasteiger partial charge in [-0.2, -0.15) is 0 Å². The van der Waals surface area contributed by atoms with E-state index >= 15 is 0 Å². The number of quaternary nitrogens is 1. The number of nitrogens with zero attached hydrogens (tertiary/aromatic N) is 1. The van der Waals surface area contributed by atoms with E-state index in [0.717, 1.165) is 62.5 Å². The van der Waals surface area contributed by atoms with E-state index < -0.39 is 11.6 Å². The first-order chi connectivity index (χ1) is 14.0. The number of halogens is 1. The second-order valence-corrected chi connectivity index (χ2v) is 9.98. The van der Waals surface area contributed by atoms with Crippen LogP contribution in [0.2, 0.25) is 0 Å². The van der Waals surface area contributed by atoms with Crippen LogP contribution in [0, 0.1) is 11.8 Å². The number of hydrogen-bond acceptors (Lipinski definition) is 3. The van der Waals surface area contributed by atoms with Crippen molar-refractivity contribution in [2.45, 2.75) is 82.5 Å². The zero-order valence-corrected chi connectivity index (χ0v) is 20.7. The summed E-state index contributed by atoms with van der Waals surface area (Å²) in [6.45, 7) is 4.47. The molecule has 2 aliphatic carbocycles. The Morgan fingerprint density at radius 1 is 1.10 bits per heavy atom. The monoisotopic (exact) mass is 527 g/mol. The van der Waals surface area contributed by atoms with E-state index in [4.69, 9.17) is 4.74 Å². The van der Waals surface area contributed by atoms with Crippen molar-refractivity contribution in [3.05, 3.63) is 35.9 Å². The van der Waals surface area contributed by atoms with Crippen LogP contribution in [-0.4, -0.2) is 47.8 Å². The fourth-order valence-corrected chi connectivity index (χ4v) is 6.63. The minimum Gasteiger partial charge on any atom is -1.00 e. The highest BCUT2D eigenvalue weighted by atomic mass is 127. The van der Waals surface area contributed by atoms with Gasteiger partial charge in [-0.25, -0.2) is 4.79 Å². The quantitative estimate of drug-likeness (QED) is 0.264. The van der Waals surface area contributed by atoms with Crippen LogP contribution in [0.3, 0.4) is 0 Å². The number of carbonyl (C=O) groups excluding carboxylic acids is 1. The summed E-state index contributed by atoms with van der Waals surface area (Å²) in [4.78, 5) is 13.6. The standard InChI is InChI=1S/C25H38NO3.HI/c1-3-17-26(2)18-19-15-16-22(26)23(19)29-24(27)25(28,21-13-9-6-10-14-21)20-11-7-4-5-8-12-20;/h6,9-10,13-14,19-20,22-23,28H,3-5,7-8,11-12,15-18H2,1-2H3;1H/q+1;/p-1/t19?,22-,23?,25?,26?;/m1./s1. The number of piperidine rings is 1. The number of benzene rings is 1. The molecule has 4 rings (SSSR count). The number of carbonyl (C=O) groups is 1. The average Bonchev–Trinajstić information content (AvgIpc) is 3.07. The lowest BCUT2D eigenvalue weighted by Gasteiger charge is -2.39. The molecule has 5 heteroatoms. The number of rotatable bonds is 6. The van der Waals surface area contributed by atoms with Crippen LogP contribution < -0.4 is 24.0 Å². The van der Waals surface area contributed by atoms with Gasteiger partial charge in [0.1, 0.15) is 6.04 Å². The first-order valence-electron chi connectivity index (χ1n) is 11.8. The Kier molecular flexibility index (Phi) is 7.89. The largest absolute Gasteiger partial charge is 1.00 e. The van der Waals surface area contributed by atoms with Crippen molar-refractivity contribution >= 4 is 5.97 Å². The highest BCUT2D eigenvalue weighted by Gasteiger charge is 2.59. The van der Waals surface area contributed by atoms with Gasteiger partial charge < -0.3 is 38.3 Å². The lowest BCUT2D eigenvalue weighted by Crippen LogP contribution is -3.00. The maximum absolute atomic E-state index is 13.6. The third-order valence-corrected chi connectivity index (χ3v) is 8.08. The van der Waals surface area contributed by atoms with Crippen molar-refractivity contribution in [2.24, 2.45) is 11.8 Å². The molecule has 0 spiro atoms. The molecule has 168 valence electrons. The van der Waals surface area contributed by atoms with E-state index in [2.05, 4.69) is 14.0 Å². The summed E-state index contributed by atoms with van der Waals surface area (Å²) in [6.07, 6.45) is 9.70. The summed E-state index contributed by atoms with van der Waals surface area (Å²) in [7, 11) is 2.32. The molecule has 4 unspecified atom stereocenters. The zero-order chi connectivity index (χ0) is 20.5. The van der Waals surface area contributed by atoms with Crippen LogP contribution in [0.4, 0.5) is 0 Å². The van der Waals surface area contributed by atoms with Crippen LogP contribution in [0.25, 0.3) is 0 Å². The average molecular weight is 527 g/mol. The summed E-state index contributed by atoms with van der Waals surface area (Å²) >= 11 is 0. The fraction of sp³-hybridized carbons (Fsp3) is 0.720. The van der Waals surface area contributed by atoms with Crippen LogP contribution in [-0.2, 0) is 15.1 Å². The summed E-state index contributed by atoms with van der Waals surface area (Å²) in [5.41, 5.74) is -0.824. The van der Waals surface area contributed by atoms with Gasteiger partial charge in [-0.1, -0.05) is 62.9 Å². The topological polar surface area (TPSA) is 46.5 Å². The van der Waals surface area contributed by atoms with Crippen molar-refractivity contribution in [3.8, 4) is 0 Å². The molecule has 0 radical (unpaired) electrons. The molecular formula is C25H38INO3. The molecule has 3 fully saturated rings. The molecular weight excluding hydrogens is 489 g/mol. The minimum atomic E-state index is -1.53. The second kappa shape index (κ2) is 9.86. The summed E-state index contributed by atoms with van der Waals surface area (Å²) in [5, 5.41) is 11.9. The number of aliphatic hydroxyl groups is 1. The Morgan fingerprint density at radius 3 is 2.40 bits per heavy atom. The first-order valence-corrected chi connectivity index (χ1v) is 11.8. The molecule has 1 saturated heterocycles. The molecule has 30 heavy (non-hydrogen) atoms. The summed E-state index contributed by atoms with van der Waals surface area (Å²) in [5.74, 6) is -0.0208. The summed E-state index contributed by atoms with van der Waals surface area (Å²) in [6, 6.07) is 9.95. The second-order valence-electron chi connectivity index (χ2n) is 9.98. The zero-order valence-electron chi connectivity index (χ0n) is 18.6. The van der Waals surface area contributed by atoms with Crippen LogP contribution in [0.15, 0.2) is 30.3 Å². The molecule has 1 N–H and O–H groups in total. The highest BCUT2D eigenvalue weighted by Crippen LogP contribution is 2.46. The van der Waals surface area contributed by atoms with E-state index in [0.29, 0.717) is 17.5 Å². The Hall–Kier alpha value is -0.660. The van der Waals surface area contributed by atoms with Gasteiger partial charge in [0.15, 0.2) is 11.7 Å². The normalized spacial score (nSPS) is 33.4. The molecule has 2 bridgehead atoms. The van der Waals surface area contributed by atoms with Gasteiger partial charge in [-0.15, -0.1) is 0 Å². The van der Waals surface area contributed by atoms with E-state index in [1.165, 1.54) is 12.8 Å². The van der Waals surface area contributed by atoms with E-state index in [-0.39, 0.29) is 36.0 Å². The SMILES string of the molecule is CCC[N+]1(C)CC2CC[C@@H]1C2OC(=O)C(O)(c1ccccc1)C1CCCCCC1.[I-]. The third-order valence-electron chi connectivity index (χ3n) is 8.08. The fourth-order valence-electron chi connectivity index (χ4n) is 6.63. The van der Waals surface area contributed by atoms with E-state index in [1.54, 1.807) is 0 Å². The number of ether oxygens (including phenoxy) is 1. The third kappa shape index (κ3) is 4.31. The molecule has 3 aliphatic rings. The molecule has 1 aromatic carbocycles. The van der Waals surface area contributed by atoms with Crippen LogP contribution in [0.5, 0.6) is 0 Å². The van der Waals surface area contributed by atoms with Gasteiger partial charge in [-0.3, -0.25) is 0 Å². The highest BCUT2D eigenvalue weighted by molar-refractivity contribution is 5.82. The maximum atomic E-state index is 13.6. The molecule has 1 aliphatic heterocycles. The molecule has 0 amide bonds. The number of fused-ring (bicyclic) bond motifs is 2. The predicted octanol–water partition coefficient (Wildman–Crippen LogP) is 1.41. The van der Waals surface area contributed by atoms with E-state index in [1.807, 2.05) is 30.3 Å². The lowest BCUT2D eigenvalue weighted by atomic mass is 9.77. The Labute approximate surface area is 199 Å². The Bertz CT molecular complexity index is 706. The minimum absolute atomic E-state index is 0. The molecule has 2 saturated carbocycles. The van der Waals surface area contributed by atoms with Gasteiger partial charge in [-0.05, 0) is 31.2 Å². The number of likely N-dealkylation sites (tertiary alicyclic amines) is 1. The maximum Gasteiger partial charge on any atom is 0.343 e. The van der Waals surface area contributed by atoms with Gasteiger partial charge in [0, 0.05) is 12.3 Å². The van der Waals surface area contributed by atoms with Crippen molar-refractivity contribution in [3.63, 3.8) is 0 Å². The van der Waals surface area contributed by atoms with E-state index in [9.17, 15) is 9.90 Å². The van der Waals surface area contributed by atoms with Gasteiger partial charge >= 0.3 is 5.97 Å². The van der Waals surface area contributed by atoms with Crippen LogP contribution in [0.1, 0.15) is 70.3 Å². The number of esters is 1. The molecule has 4 nitrogen and oxygen atoms in total. The predicted molar refractivity (Wildman–Crippen MR) is 114 cm³/mol. The van der Waals surface area contributed by atoms with Crippen LogP contribution >= 0.6 is 0 Å². The first kappa shape index (κ1) is 24.0. The number of hydrogen-bond donors (Lipinski definition) is 1. The molecule has 1 heterocycles. The smallest absolute Gasteiger partial charge is 0.343 e. The van der Waals surface area contributed by atoms with Crippen molar-refractivity contribution in [2.75, 3.05) is 20.1 Å². The molecule has 1 aromatic rings. The van der Waals surface area contributed by atoms with Crippen molar-refractivity contribution < 1.29 is 43.1 Å². The summed E-state index contributed by atoms with van der Waals surface area (Å²) < 4.78 is 7.27. The van der Waals surface area contributed by atoms with Gasteiger partial charge in [0.2, 0.25) is 0 Å². The van der Waals surface area contributed by atoms with Crippen molar-refractivity contribution in [1.82, 2.24) is 0 Å². The molecule has 5 atom stereocenters. The lowest BCUT2D eigenvalue weighted by molar-refractivity contribution is -0.927. The Balaban J connectivity index is 0.00000256. The van der Waals surface area contributed by atoms with Gasteiger partial charge in [0.25, 0.3) is 0 Å². The molecule has 0 aromatic heterocycles. The Morgan fingerprint density at radius 2 is 1.77 bits per heavy atom. The van der Waals surface area contributed by atoms with Crippen molar-refractivity contribution in [1.29, 1.82) is 0 Å². The number of likely N-dealkylation sites (N-methyl/N-ethyl adjacent to an activating group) is 1.